The van der Waals surface area contributed by atoms with E-state index in [9.17, 15) is 13.6 Å². The number of halogens is 4. The van der Waals surface area contributed by atoms with E-state index in [0.29, 0.717) is 20.7 Å². The largest absolute Gasteiger partial charge is 0.435 e. The van der Waals surface area contributed by atoms with Gasteiger partial charge < -0.3 is 10.1 Å². The first-order valence-corrected chi connectivity index (χ1v) is 6.94. The van der Waals surface area contributed by atoms with Gasteiger partial charge in [-0.25, -0.2) is 0 Å². The molecule has 0 aliphatic carbocycles. The molecule has 7 heteroatoms. The summed E-state index contributed by atoms with van der Waals surface area (Å²) in [5, 5.41) is 3.08. The summed E-state index contributed by atoms with van der Waals surface area (Å²) < 4.78 is 29.1. The average molecular weight is 377 g/mol. The highest BCUT2D eigenvalue weighted by Crippen LogP contribution is 2.24. The number of ether oxygens (including phenoxy) is 1. The second-order valence-corrected chi connectivity index (χ2v) is 5.25. The van der Waals surface area contributed by atoms with Crippen molar-refractivity contribution in [3.63, 3.8) is 0 Å². The third-order valence-corrected chi connectivity index (χ3v) is 3.71. The van der Waals surface area contributed by atoms with E-state index in [1.54, 1.807) is 24.3 Å². The normalized spacial score (nSPS) is 10.5. The van der Waals surface area contributed by atoms with Crippen LogP contribution in [-0.4, -0.2) is 12.5 Å². The molecule has 1 N–H and O–H groups in total. The molecule has 2 aromatic rings. The highest BCUT2D eigenvalue weighted by molar-refractivity contribution is 9.10. The lowest BCUT2D eigenvalue weighted by molar-refractivity contribution is -0.0497. The fourth-order valence-electron chi connectivity index (χ4n) is 1.59. The molecule has 0 aliphatic rings. The summed E-state index contributed by atoms with van der Waals surface area (Å²) in [7, 11) is 0. The number of rotatable bonds is 4. The minimum absolute atomic E-state index is 0.0277. The van der Waals surface area contributed by atoms with Crippen LogP contribution in [0.1, 0.15) is 10.4 Å². The van der Waals surface area contributed by atoms with Crippen molar-refractivity contribution in [2.75, 3.05) is 5.32 Å². The first-order valence-electron chi connectivity index (χ1n) is 5.77. The molecule has 0 saturated heterocycles. The van der Waals surface area contributed by atoms with Crippen LogP contribution in [0.15, 0.2) is 46.9 Å². The van der Waals surface area contributed by atoms with Crippen LogP contribution in [0.2, 0.25) is 5.02 Å². The van der Waals surface area contributed by atoms with Crippen molar-refractivity contribution < 1.29 is 18.3 Å². The van der Waals surface area contributed by atoms with Gasteiger partial charge in [0.25, 0.3) is 5.91 Å². The molecule has 110 valence electrons. The molecule has 0 aromatic heterocycles. The molecular weight excluding hydrogens is 368 g/mol. The van der Waals surface area contributed by atoms with E-state index in [4.69, 9.17) is 11.6 Å². The number of carbonyl (C=O) groups excluding carboxylic acids is 1. The molecule has 2 rings (SSSR count). The van der Waals surface area contributed by atoms with Crippen molar-refractivity contribution >= 4 is 39.1 Å². The van der Waals surface area contributed by atoms with Crippen molar-refractivity contribution in [3.05, 3.63) is 57.5 Å². The number of hydrogen-bond donors (Lipinski definition) is 1. The molecule has 0 bridgehead atoms. The monoisotopic (exact) mass is 375 g/mol. The number of amides is 1. The lowest BCUT2D eigenvalue weighted by Gasteiger charge is -2.09. The summed E-state index contributed by atoms with van der Waals surface area (Å²) in [5.74, 6) is -0.415. The quantitative estimate of drug-likeness (QED) is 0.819. The summed E-state index contributed by atoms with van der Waals surface area (Å²) in [4.78, 5) is 12.0. The van der Waals surface area contributed by atoms with Crippen molar-refractivity contribution in [2.45, 2.75) is 6.61 Å². The summed E-state index contributed by atoms with van der Waals surface area (Å²) in [6.45, 7) is -2.91. The van der Waals surface area contributed by atoms with Gasteiger partial charge in [-0.05, 0) is 46.3 Å². The summed E-state index contributed by atoms with van der Waals surface area (Å²) in [5.41, 5.74) is 0.732. The van der Waals surface area contributed by atoms with E-state index in [-0.39, 0.29) is 11.7 Å². The first-order chi connectivity index (χ1) is 9.95. The van der Waals surface area contributed by atoms with E-state index in [1.165, 1.54) is 18.2 Å². The third-order valence-electron chi connectivity index (χ3n) is 2.50. The van der Waals surface area contributed by atoms with Crippen LogP contribution in [0, 0.1) is 0 Å². The van der Waals surface area contributed by atoms with Gasteiger partial charge in [0.15, 0.2) is 0 Å². The van der Waals surface area contributed by atoms with Crippen LogP contribution < -0.4 is 10.1 Å². The van der Waals surface area contributed by atoms with Gasteiger partial charge in [-0.1, -0.05) is 17.7 Å². The maximum atomic E-state index is 12.1. The van der Waals surface area contributed by atoms with Gasteiger partial charge in [0.05, 0.1) is 5.02 Å². The topological polar surface area (TPSA) is 38.3 Å². The van der Waals surface area contributed by atoms with Gasteiger partial charge in [-0.2, -0.15) is 8.78 Å². The zero-order valence-corrected chi connectivity index (χ0v) is 12.8. The molecule has 21 heavy (non-hydrogen) atoms. The maximum absolute atomic E-state index is 12.1. The molecule has 0 fully saturated rings. The number of anilines is 1. The van der Waals surface area contributed by atoms with Crippen LogP contribution in [0.5, 0.6) is 5.75 Å². The van der Waals surface area contributed by atoms with E-state index in [0.717, 1.165) is 0 Å². The van der Waals surface area contributed by atoms with Crippen LogP contribution >= 0.6 is 27.5 Å². The molecule has 1 amide bonds. The Labute approximate surface area is 133 Å². The van der Waals surface area contributed by atoms with E-state index >= 15 is 0 Å². The molecule has 0 aliphatic heterocycles. The predicted molar refractivity (Wildman–Crippen MR) is 80.2 cm³/mol. The first kappa shape index (κ1) is 15.7. The summed E-state index contributed by atoms with van der Waals surface area (Å²) in [6.07, 6.45) is 0. The second kappa shape index (κ2) is 6.87. The molecule has 0 atom stereocenters. The summed E-state index contributed by atoms with van der Waals surface area (Å²) >= 11 is 9.07. The molecule has 0 spiro atoms. The highest BCUT2D eigenvalue weighted by Gasteiger charge is 2.10. The predicted octanol–water partition coefficient (Wildman–Crippen LogP) is 4.96. The molecule has 0 unspecified atom stereocenters. The number of carbonyl (C=O) groups is 1. The Morgan fingerprint density at radius 2 is 2.00 bits per heavy atom. The lowest BCUT2D eigenvalue weighted by Crippen LogP contribution is -2.12. The lowest BCUT2D eigenvalue weighted by atomic mass is 10.2. The molecule has 3 nitrogen and oxygen atoms in total. The van der Waals surface area contributed by atoms with Crippen molar-refractivity contribution in [3.8, 4) is 5.75 Å². The van der Waals surface area contributed by atoms with E-state index < -0.39 is 6.61 Å². The third kappa shape index (κ3) is 4.41. The fourth-order valence-corrected chi connectivity index (χ4v) is 2.09. The van der Waals surface area contributed by atoms with Gasteiger partial charge in [0, 0.05) is 21.8 Å². The molecule has 0 heterocycles. The van der Waals surface area contributed by atoms with Gasteiger partial charge in [-0.15, -0.1) is 0 Å². The van der Waals surface area contributed by atoms with E-state index in [2.05, 4.69) is 26.0 Å². The van der Waals surface area contributed by atoms with Crippen LogP contribution in [0.25, 0.3) is 0 Å². The zero-order chi connectivity index (χ0) is 15.4. The van der Waals surface area contributed by atoms with Crippen LogP contribution in [-0.2, 0) is 0 Å². The average Bonchev–Trinajstić information content (AvgIpc) is 2.41. The van der Waals surface area contributed by atoms with E-state index in [1.807, 2.05) is 0 Å². The Hall–Kier alpha value is -1.66. The Bertz CT molecular complexity index is 667. The van der Waals surface area contributed by atoms with Crippen molar-refractivity contribution in [1.29, 1.82) is 0 Å². The zero-order valence-electron chi connectivity index (χ0n) is 10.4. The minimum Gasteiger partial charge on any atom is -0.435 e. The van der Waals surface area contributed by atoms with Gasteiger partial charge >= 0.3 is 6.61 Å². The minimum atomic E-state index is -2.91. The summed E-state index contributed by atoms with van der Waals surface area (Å²) in [6, 6.07) is 10.5. The van der Waals surface area contributed by atoms with Gasteiger partial charge in [0.2, 0.25) is 0 Å². The molecule has 0 saturated carbocycles. The van der Waals surface area contributed by atoms with Gasteiger partial charge in [0.1, 0.15) is 5.75 Å². The van der Waals surface area contributed by atoms with Crippen LogP contribution in [0.4, 0.5) is 14.5 Å². The standard InChI is InChI=1S/C14H9BrClF2NO2/c15-11-6-8(4-5-12(11)16)13(20)19-9-2-1-3-10(7-9)21-14(17)18/h1-7,14H,(H,19,20). The SMILES string of the molecule is O=C(Nc1cccc(OC(F)F)c1)c1ccc(Cl)c(Br)c1. The smallest absolute Gasteiger partial charge is 0.387 e. The fraction of sp³-hybridized carbons (Fsp3) is 0.0714. The Kier molecular flexibility index (Phi) is 5.14. The van der Waals surface area contributed by atoms with Gasteiger partial charge in [-0.3, -0.25) is 4.79 Å². The number of benzene rings is 2. The maximum Gasteiger partial charge on any atom is 0.387 e. The second-order valence-electron chi connectivity index (χ2n) is 3.99. The van der Waals surface area contributed by atoms with Crippen molar-refractivity contribution in [1.82, 2.24) is 0 Å². The molecule has 0 radical (unpaired) electrons. The molecule has 2 aromatic carbocycles. The highest BCUT2D eigenvalue weighted by atomic mass is 79.9. The number of nitrogens with one attached hydrogen (secondary N) is 1. The Morgan fingerprint density at radius 3 is 2.67 bits per heavy atom. The number of alkyl halides is 2. The molecular formula is C14H9BrClF2NO2. The van der Waals surface area contributed by atoms with Crippen molar-refractivity contribution in [2.24, 2.45) is 0 Å². The van der Waals surface area contributed by atoms with Crippen LogP contribution in [0.3, 0.4) is 0 Å². The Morgan fingerprint density at radius 1 is 1.24 bits per heavy atom. The Balaban J connectivity index is 2.13. The number of hydrogen-bond acceptors (Lipinski definition) is 2.